The smallest absolute Gasteiger partial charge is 0.113 e. The van der Waals surface area contributed by atoms with Gasteiger partial charge in [0.15, 0.2) is 0 Å². The van der Waals surface area contributed by atoms with Crippen molar-refractivity contribution >= 4 is 0 Å². The molecule has 0 spiro atoms. The molecule has 0 aromatic rings. The minimum atomic E-state index is -0.355. The largest absolute Gasteiger partial charge is 0.375 e. The molecule has 0 saturated heterocycles. The van der Waals surface area contributed by atoms with E-state index in [2.05, 4.69) is 12.2 Å². The molecule has 1 aliphatic rings. The summed E-state index contributed by atoms with van der Waals surface area (Å²) in [4.78, 5) is 0. The number of ether oxygens (including phenoxy) is 1. The summed E-state index contributed by atoms with van der Waals surface area (Å²) in [5.74, 6) is 0. The summed E-state index contributed by atoms with van der Waals surface area (Å²) < 4.78 is 17.1. The molecule has 0 fully saturated rings. The number of halogens is 1. The van der Waals surface area contributed by atoms with Crippen molar-refractivity contribution in [1.29, 1.82) is 0 Å². The van der Waals surface area contributed by atoms with Gasteiger partial charge in [0.05, 0.1) is 12.7 Å². The van der Waals surface area contributed by atoms with E-state index < -0.39 is 0 Å². The maximum absolute atomic E-state index is 11.8. The fourth-order valence-corrected chi connectivity index (χ4v) is 1.50. The van der Waals surface area contributed by atoms with Crippen LogP contribution < -0.4 is 0 Å². The third-order valence-corrected chi connectivity index (χ3v) is 2.15. The average Bonchev–Trinajstić information content (AvgIpc) is 2.02. The Morgan fingerprint density at radius 1 is 1.25 bits per heavy atom. The number of allylic oxidation sites excluding steroid dienone is 2. The Bertz CT molecular complexity index is 134. The standard InChI is InChI=1S/C10H17FO/c11-8-9-12-10-6-4-2-1-3-5-7-10/h1-2,10H,3-9H2/b2-1-. The van der Waals surface area contributed by atoms with E-state index in [1.165, 1.54) is 6.42 Å². The Labute approximate surface area is 73.6 Å². The Kier molecular flexibility index (Phi) is 5.00. The molecule has 12 heavy (non-hydrogen) atoms. The highest BCUT2D eigenvalue weighted by molar-refractivity contribution is 4.85. The van der Waals surface area contributed by atoms with Gasteiger partial charge in [-0.1, -0.05) is 12.2 Å². The molecule has 0 heterocycles. The zero-order chi connectivity index (χ0) is 8.65. The molecule has 1 rings (SSSR count). The van der Waals surface area contributed by atoms with Gasteiger partial charge >= 0.3 is 0 Å². The highest BCUT2D eigenvalue weighted by atomic mass is 19.1. The molecular formula is C10H17FO. The quantitative estimate of drug-likeness (QED) is 0.595. The molecule has 1 aliphatic carbocycles. The first-order valence-corrected chi connectivity index (χ1v) is 4.76. The van der Waals surface area contributed by atoms with Gasteiger partial charge in [-0.25, -0.2) is 4.39 Å². The van der Waals surface area contributed by atoms with Gasteiger partial charge < -0.3 is 4.74 Å². The van der Waals surface area contributed by atoms with Crippen LogP contribution in [0.1, 0.15) is 32.1 Å². The summed E-state index contributed by atoms with van der Waals surface area (Å²) in [6.07, 6.45) is 10.3. The number of alkyl halides is 1. The molecule has 1 unspecified atom stereocenters. The maximum atomic E-state index is 11.8. The molecule has 0 aromatic heterocycles. The highest BCUT2D eigenvalue weighted by Crippen LogP contribution is 2.15. The molecule has 2 heteroatoms. The summed E-state index contributed by atoms with van der Waals surface area (Å²) in [6.45, 7) is -0.0826. The van der Waals surface area contributed by atoms with Crippen molar-refractivity contribution in [2.75, 3.05) is 13.3 Å². The zero-order valence-electron chi connectivity index (χ0n) is 7.47. The van der Waals surface area contributed by atoms with Crippen LogP contribution in [0.25, 0.3) is 0 Å². The summed E-state index contributed by atoms with van der Waals surface area (Å²) >= 11 is 0. The molecule has 0 N–H and O–H groups in total. The van der Waals surface area contributed by atoms with Crippen molar-refractivity contribution < 1.29 is 9.13 Å². The molecule has 0 aliphatic heterocycles. The van der Waals surface area contributed by atoms with Gasteiger partial charge in [-0.3, -0.25) is 0 Å². The lowest BCUT2D eigenvalue weighted by molar-refractivity contribution is 0.0326. The molecular weight excluding hydrogens is 155 g/mol. The summed E-state index contributed by atoms with van der Waals surface area (Å²) in [5, 5.41) is 0. The molecule has 70 valence electrons. The second-order valence-corrected chi connectivity index (χ2v) is 3.16. The minimum absolute atomic E-state index is 0.272. The van der Waals surface area contributed by atoms with Crippen molar-refractivity contribution in [1.82, 2.24) is 0 Å². The van der Waals surface area contributed by atoms with Gasteiger partial charge in [0.1, 0.15) is 6.67 Å². The van der Waals surface area contributed by atoms with Gasteiger partial charge in [0, 0.05) is 0 Å². The monoisotopic (exact) mass is 172 g/mol. The van der Waals surface area contributed by atoms with Crippen molar-refractivity contribution in [3.05, 3.63) is 12.2 Å². The fraction of sp³-hybridized carbons (Fsp3) is 0.800. The second-order valence-electron chi connectivity index (χ2n) is 3.16. The van der Waals surface area contributed by atoms with Crippen molar-refractivity contribution in [3.8, 4) is 0 Å². The Morgan fingerprint density at radius 3 is 2.92 bits per heavy atom. The van der Waals surface area contributed by atoms with Crippen LogP contribution in [0.4, 0.5) is 4.39 Å². The van der Waals surface area contributed by atoms with Crippen LogP contribution in [0, 0.1) is 0 Å². The van der Waals surface area contributed by atoms with Gasteiger partial charge in [-0.2, -0.15) is 0 Å². The predicted octanol–water partition coefficient (Wildman–Crippen LogP) is 2.86. The van der Waals surface area contributed by atoms with Crippen molar-refractivity contribution in [2.24, 2.45) is 0 Å². The lowest BCUT2D eigenvalue weighted by Crippen LogP contribution is -2.15. The zero-order valence-corrected chi connectivity index (χ0v) is 7.47. The summed E-state index contributed by atoms with van der Waals surface area (Å²) in [6, 6.07) is 0. The van der Waals surface area contributed by atoms with Crippen LogP contribution in [0.3, 0.4) is 0 Å². The minimum Gasteiger partial charge on any atom is -0.375 e. The van der Waals surface area contributed by atoms with Crippen LogP contribution in [-0.2, 0) is 4.74 Å². The fourth-order valence-electron chi connectivity index (χ4n) is 1.50. The second kappa shape index (κ2) is 6.18. The van der Waals surface area contributed by atoms with Gasteiger partial charge in [-0.05, 0) is 32.1 Å². The first-order chi connectivity index (χ1) is 5.93. The van der Waals surface area contributed by atoms with Gasteiger partial charge in [0.25, 0.3) is 0 Å². The molecule has 0 saturated carbocycles. The Balaban J connectivity index is 2.18. The Morgan fingerprint density at radius 2 is 2.08 bits per heavy atom. The molecule has 0 amide bonds. The van der Waals surface area contributed by atoms with E-state index >= 15 is 0 Å². The van der Waals surface area contributed by atoms with E-state index in [0.29, 0.717) is 6.10 Å². The molecule has 0 aromatic carbocycles. The van der Waals surface area contributed by atoms with Crippen molar-refractivity contribution in [3.63, 3.8) is 0 Å². The number of hydrogen-bond donors (Lipinski definition) is 0. The number of rotatable bonds is 3. The third kappa shape index (κ3) is 3.86. The van der Waals surface area contributed by atoms with Crippen LogP contribution >= 0.6 is 0 Å². The normalized spacial score (nSPS) is 27.6. The Hall–Kier alpha value is -0.370. The lowest BCUT2D eigenvalue weighted by atomic mass is 10.0. The predicted molar refractivity (Wildman–Crippen MR) is 47.9 cm³/mol. The summed E-state index contributed by atoms with van der Waals surface area (Å²) in [5.41, 5.74) is 0. The van der Waals surface area contributed by atoms with Crippen molar-refractivity contribution in [2.45, 2.75) is 38.2 Å². The van der Waals surface area contributed by atoms with E-state index in [1.54, 1.807) is 0 Å². The topological polar surface area (TPSA) is 9.23 Å². The molecule has 1 nitrogen and oxygen atoms in total. The van der Waals surface area contributed by atoms with E-state index in [0.717, 1.165) is 25.7 Å². The van der Waals surface area contributed by atoms with Crippen LogP contribution in [-0.4, -0.2) is 19.4 Å². The third-order valence-electron chi connectivity index (χ3n) is 2.15. The van der Waals surface area contributed by atoms with Gasteiger partial charge in [-0.15, -0.1) is 0 Å². The van der Waals surface area contributed by atoms with Crippen LogP contribution in [0.2, 0.25) is 0 Å². The van der Waals surface area contributed by atoms with Crippen LogP contribution in [0.15, 0.2) is 12.2 Å². The maximum Gasteiger partial charge on any atom is 0.113 e. The summed E-state index contributed by atoms with van der Waals surface area (Å²) in [7, 11) is 0. The first kappa shape index (κ1) is 9.72. The van der Waals surface area contributed by atoms with E-state index in [9.17, 15) is 4.39 Å². The lowest BCUT2D eigenvalue weighted by Gasteiger charge is -2.17. The molecule has 0 bridgehead atoms. The van der Waals surface area contributed by atoms with E-state index in [1.807, 2.05) is 0 Å². The number of hydrogen-bond acceptors (Lipinski definition) is 1. The van der Waals surface area contributed by atoms with Gasteiger partial charge in [0.2, 0.25) is 0 Å². The average molecular weight is 172 g/mol. The molecule has 1 atom stereocenters. The SMILES string of the molecule is FCCOC1CC/C=C\CCC1. The molecule has 0 radical (unpaired) electrons. The van der Waals surface area contributed by atoms with Crippen LogP contribution in [0.5, 0.6) is 0 Å². The van der Waals surface area contributed by atoms with E-state index in [4.69, 9.17) is 4.74 Å². The van der Waals surface area contributed by atoms with E-state index in [-0.39, 0.29) is 13.3 Å². The first-order valence-electron chi connectivity index (χ1n) is 4.76. The highest BCUT2D eigenvalue weighted by Gasteiger charge is 2.08.